The Bertz CT molecular complexity index is 1070. The number of aromatic nitrogens is 1. The molecule has 1 fully saturated rings. The highest BCUT2D eigenvalue weighted by Crippen LogP contribution is 2.29. The first-order chi connectivity index (χ1) is 13.1. The van der Waals surface area contributed by atoms with E-state index >= 15 is 0 Å². The number of nitrogens with one attached hydrogen (secondary N) is 1. The molecular weight excluding hydrogens is 361 g/mol. The number of rotatable bonds is 3. The molecule has 0 spiro atoms. The molecule has 0 aliphatic carbocycles. The lowest BCUT2D eigenvalue weighted by atomic mass is 10.2. The summed E-state index contributed by atoms with van der Waals surface area (Å²) in [6, 6.07) is 17.9. The number of carbonyl (C=O) groups is 1. The van der Waals surface area contributed by atoms with Gasteiger partial charge in [0.05, 0.1) is 16.3 Å². The minimum absolute atomic E-state index is 0.216. The summed E-state index contributed by atoms with van der Waals surface area (Å²) in [5, 5.41) is 3.30. The van der Waals surface area contributed by atoms with Crippen LogP contribution in [0.15, 0.2) is 76.8 Å². The Hall–Kier alpha value is -3.12. The number of aliphatic imine (C=N–C) groups is 1. The highest BCUT2D eigenvalue weighted by atomic mass is 32.2. The molecule has 2 heterocycles. The van der Waals surface area contributed by atoms with Crippen molar-refractivity contribution in [3.63, 3.8) is 0 Å². The maximum atomic E-state index is 14.1. The van der Waals surface area contributed by atoms with Crippen molar-refractivity contribution in [1.82, 2.24) is 9.88 Å². The molecule has 2 aromatic carbocycles. The Balaban J connectivity index is 1.62. The van der Waals surface area contributed by atoms with Crippen LogP contribution in [0.25, 0.3) is 11.8 Å². The van der Waals surface area contributed by atoms with Gasteiger partial charge in [0, 0.05) is 11.9 Å². The zero-order chi connectivity index (χ0) is 18.8. The highest BCUT2D eigenvalue weighted by Gasteiger charge is 2.24. The second-order valence-electron chi connectivity index (χ2n) is 6.07. The van der Waals surface area contributed by atoms with E-state index in [1.807, 2.05) is 43.3 Å². The van der Waals surface area contributed by atoms with Crippen LogP contribution in [0.3, 0.4) is 0 Å². The van der Waals surface area contributed by atoms with Gasteiger partial charge in [-0.15, -0.1) is 0 Å². The molecule has 1 N–H and O–H groups in total. The molecule has 6 heteroatoms. The van der Waals surface area contributed by atoms with Gasteiger partial charge in [-0.05, 0) is 61.2 Å². The van der Waals surface area contributed by atoms with E-state index in [2.05, 4.69) is 10.3 Å². The third-order valence-electron chi connectivity index (χ3n) is 4.09. The Kier molecular flexibility index (Phi) is 4.64. The summed E-state index contributed by atoms with van der Waals surface area (Å²) in [4.78, 5) is 17.3. The van der Waals surface area contributed by atoms with Gasteiger partial charge in [0.2, 0.25) is 0 Å². The molecule has 0 bridgehead atoms. The largest absolute Gasteiger partial charge is 0.314 e. The Morgan fingerprint density at radius 1 is 1.07 bits per heavy atom. The molecule has 0 atom stereocenters. The van der Waals surface area contributed by atoms with Gasteiger partial charge in [0.1, 0.15) is 5.82 Å². The molecule has 1 aliphatic rings. The molecule has 1 aromatic heterocycles. The van der Waals surface area contributed by atoms with Crippen LogP contribution in [0.4, 0.5) is 10.1 Å². The number of aryl methyl sites for hydroxylation is 1. The fourth-order valence-corrected chi connectivity index (χ4v) is 3.56. The maximum Gasteiger partial charge on any atom is 0.264 e. The van der Waals surface area contributed by atoms with Gasteiger partial charge in [-0.2, -0.15) is 0 Å². The summed E-state index contributed by atoms with van der Waals surface area (Å²) >= 11 is 1.27. The average Bonchev–Trinajstić information content (AvgIpc) is 3.24. The Labute approximate surface area is 160 Å². The summed E-state index contributed by atoms with van der Waals surface area (Å²) in [5.41, 5.74) is 3.08. The van der Waals surface area contributed by atoms with Crippen LogP contribution in [0.2, 0.25) is 0 Å². The average molecular weight is 377 g/mol. The van der Waals surface area contributed by atoms with Crippen molar-refractivity contribution >= 4 is 34.6 Å². The molecular formula is C21H16FN3OS. The summed E-state index contributed by atoms with van der Waals surface area (Å²) in [6.45, 7) is 2.01. The van der Waals surface area contributed by atoms with E-state index in [0.717, 1.165) is 11.3 Å². The van der Waals surface area contributed by atoms with Crippen LogP contribution >= 0.6 is 11.8 Å². The number of amides is 1. The zero-order valence-electron chi connectivity index (χ0n) is 14.5. The van der Waals surface area contributed by atoms with E-state index in [1.165, 1.54) is 17.8 Å². The fourth-order valence-electron chi connectivity index (χ4n) is 2.73. The van der Waals surface area contributed by atoms with E-state index in [-0.39, 0.29) is 11.7 Å². The lowest BCUT2D eigenvalue weighted by Crippen LogP contribution is -2.19. The van der Waals surface area contributed by atoms with Gasteiger partial charge in [0.15, 0.2) is 5.17 Å². The molecule has 1 aliphatic heterocycles. The van der Waals surface area contributed by atoms with Crippen molar-refractivity contribution in [1.29, 1.82) is 0 Å². The van der Waals surface area contributed by atoms with E-state index < -0.39 is 0 Å². The second-order valence-corrected chi connectivity index (χ2v) is 7.10. The number of hydrogen-bond donors (Lipinski definition) is 1. The zero-order valence-corrected chi connectivity index (χ0v) is 15.3. The second kappa shape index (κ2) is 7.25. The summed E-state index contributed by atoms with van der Waals surface area (Å²) < 4.78 is 15.8. The minimum Gasteiger partial charge on any atom is -0.314 e. The van der Waals surface area contributed by atoms with Crippen molar-refractivity contribution in [3.05, 3.63) is 88.8 Å². The summed E-state index contributed by atoms with van der Waals surface area (Å²) in [7, 11) is 0. The third-order valence-corrected chi connectivity index (χ3v) is 5.00. The number of halogens is 1. The normalized spacial score (nSPS) is 16.9. The Morgan fingerprint density at radius 3 is 2.63 bits per heavy atom. The number of thioether (sulfide) groups is 1. The van der Waals surface area contributed by atoms with E-state index in [0.29, 0.717) is 21.5 Å². The first kappa shape index (κ1) is 17.3. The lowest BCUT2D eigenvalue weighted by Gasteiger charge is -2.07. The standard InChI is InChI=1S/C21H16FN3OS/c1-14-8-10-15(11-9-14)23-21-24-20(26)19(27-21)13-16-5-4-12-25(16)18-7-3-2-6-17(18)22/h2-13H,1H3,(H,23,24,26)/b19-13+. The van der Waals surface area contributed by atoms with Crippen LogP contribution in [0, 0.1) is 12.7 Å². The van der Waals surface area contributed by atoms with Gasteiger partial charge in [-0.3, -0.25) is 4.79 Å². The molecule has 1 amide bonds. The number of para-hydroxylation sites is 1. The predicted molar refractivity (Wildman–Crippen MR) is 108 cm³/mol. The third kappa shape index (κ3) is 3.71. The summed E-state index contributed by atoms with van der Waals surface area (Å²) in [5.74, 6) is -0.536. The van der Waals surface area contributed by atoms with Gasteiger partial charge in [-0.1, -0.05) is 29.8 Å². The SMILES string of the molecule is Cc1ccc(N=C2NC(=O)/C(=C\c3cccn3-c3ccccc3F)S2)cc1. The molecule has 4 rings (SSSR count). The van der Waals surface area contributed by atoms with E-state index in [9.17, 15) is 9.18 Å². The van der Waals surface area contributed by atoms with Gasteiger partial charge in [-0.25, -0.2) is 9.38 Å². The van der Waals surface area contributed by atoms with Gasteiger partial charge >= 0.3 is 0 Å². The maximum absolute atomic E-state index is 14.1. The molecule has 134 valence electrons. The van der Waals surface area contributed by atoms with Crippen molar-refractivity contribution in [3.8, 4) is 5.69 Å². The molecule has 4 nitrogen and oxygen atoms in total. The van der Waals surface area contributed by atoms with Crippen molar-refractivity contribution in [2.45, 2.75) is 6.92 Å². The summed E-state index contributed by atoms with van der Waals surface area (Å²) in [6.07, 6.45) is 3.51. The number of amidine groups is 1. The molecule has 0 radical (unpaired) electrons. The van der Waals surface area contributed by atoms with Crippen LogP contribution < -0.4 is 5.32 Å². The monoisotopic (exact) mass is 377 g/mol. The topological polar surface area (TPSA) is 46.4 Å². The number of benzene rings is 2. The highest BCUT2D eigenvalue weighted by molar-refractivity contribution is 8.18. The molecule has 0 unspecified atom stereocenters. The first-order valence-electron chi connectivity index (χ1n) is 8.39. The number of carbonyl (C=O) groups excluding carboxylic acids is 1. The smallest absolute Gasteiger partial charge is 0.264 e. The van der Waals surface area contributed by atoms with Gasteiger partial charge in [0.25, 0.3) is 5.91 Å². The first-order valence-corrected chi connectivity index (χ1v) is 9.20. The Morgan fingerprint density at radius 2 is 1.85 bits per heavy atom. The number of nitrogens with zero attached hydrogens (tertiary/aromatic N) is 2. The molecule has 27 heavy (non-hydrogen) atoms. The van der Waals surface area contributed by atoms with Gasteiger partial charge < -0.3 is 9.88 Å². The molecule has 3 aromatic rings. The predicted octanol–water partition coefficient (Wildman–Crippen LogP) is 4.82. The van der Waals surface area contributed by atoms with Crippen molar-refractivity contribution in [2.75, 3.05) is 0 Å². The van der Waals surface area contributed by atoms with E-state index in [1.54, 1.807) is 35.0 Å². The van der Waals surface area contributed by atoms with Crippen LogP contribution in [-0.4, -0.2) is 15.6 Å². The van der Waals surface area contributed by atoms with Crippen molar-refractivity contribution < 1.29 is 9.18 Å². The quantitative estimate of drug-likeness (QED) is 0.666. The molecule has 0 saturated carbocycles. The minimum atomic E-state index is -0.321. The van der Waals surface area contributed by atoms with Crippen LogP contribution in [0.1, 0.15) is 11.3 Å². The van der Waals surface area contributed by atoms with Crippen LogP contribution in [0.5, 0.6) is 0 Å². The van der Waals surface area contributed by atoms with E-state index in [4.69, 9.17) is 0 Å². The van der Waals surface area contributed by atoms with Crippen molar-refractivity contribution in [2.24, 2.45) is 4.99 Å². The number of hydrogen-bond acceptors (Lipinski definition) is 3. The lowest BCUT2D eigenvalue weighted by molar-refractivity contribution is -0.115. The molecule has 1 saturated heterocycles. The van der Waals surface area contributed by atoms with Crippen LogP contribution in [-0.2, 0) is 4.79 Å². The fraction of sp³-hybridized carbons (Fsp3) is 0.0476.